The lowest BCUT2D eigenvalue weighted by Crippen LogP contribution is -2.37. The molecule has 3 aliphatic carbocycles. The molecule has 4 aromatic heterocycles. The highest BCUT2D eigenvalue weighted by atomic mass is 31.2. The second-order valence-corrected chi connectivity index (χ2v) is 21.2. The molecule has 2 aliphatic heterocycles. The van der Waals surface area contributed by atoms with Crippen molar-refractivity contribution in [3.63, 3.8) is 0 Å². The van der Waals surface area contributed by atoms with Gasteiger partial charge in [-0.1, -0.05) is 38.5 Å². The molecular weight excluding hydrogens is 916 g/mol. The highest BCUT2D eigenvalue weighted by Gasteiger charge is 2.56. The molecule has 66 heavy (non-hydrogen) atoms. The van der Waals surface area contributed by atoms with Crippen LogP contribution in [0.5, 0.6) is 0 Å². The van der Waals surface area contributed by atoms with Gasteiger partial charge in [0.05, 0.1) is 42.7 Å². The second kappa shape index (κ2) is 18.6. The number of rotatable bonds is 10. The van der Waals surface area contributed by atoms with E-state index in [4.69, 9.17) is 52.8 Å². The number of anilines is 2. The van der Waals surface area contributed by atoms with Crippen LogP contribution in [0.2, 0.25) is 0 Å². The summed E-state index contributed by atoms with van der Waals surface area (Å²) in [6.45, 7) is 0.119. The van der Waals surface area contributed by atoms with Gasteiger partial charge in [0.25, 0.3) is 0 Å². The summed E-state index contributed by atoms with van der Waals surface area (Å²) in [5.41, 5.74) is 10.9. The van der Waals surface area contributed by atoms with Crippen LogP contribution in [0.3, 0.4) is 0 Å². The molecule has 10 atom stereocenters. The molecule has 6 heterocycles. The number of imidazole rings is 2. The fourth-order valence-corrected chi connectivity index (χ4v) is 12.1. The van der Waals surface area contributed by atoms with Crippen molar-refractivity contribution in [2.24, 2.45) is 16.7 Å². The van der Waals surface area contributed by atoms with Crippen molar-refractivity contribution in [3.8, 4) is 0 Å². The molecule has 360 valence electrons. The number of phosphoric acid groups is 2. The molecule has 4 aromatic rings. The van der Waals surface area contributed by atoms with Gasteiger partial charge in [0.2, 0.25) is 13.6 Å². The minimum absolute atomic E-state index is 0.00726. The monoisotopic (exact) mass is 968 g/mol. The number of esters is 2. The van der Waals surface area contributed by atoms with Gasteiger partial charge in [-0.25, -0.2) is 56.9 Å². The van der Waals surface area contributed by atoms with E-state index in [2.05, 4.69) is 29.9 Å². The number of aromatic nitrogens is 8. The molecule has 4 N–H and O–H groups in total. The number of nitrogens with two attached hydrogens (primary N) is 2. The van der Waals surface area contributed by atoms with Crippen molar-refractivity contribution in [1.82, 2.24) is 39.0 Å². The zero-order valence-electron chi connectivity index (χ0n) is 36.2. The molecule has 5 aliphatic rings. The zero-order valence-corrected chi connectivity index (χ0v) is 38.0. The van der Waals surface area contributed by atoms with Crippen molar-refractivity contribution in [1.29, 1.82) is 0 Å². The topological polar surface area (TPSA) is 291 Å². The molecule has 9 rings (SSSR count). The van der Waals surface area contributed by atoms with Gasteiger partial charge in [-0.2, -0.15) is 0 Å². The number of nitrogen functional groups attached to an aromatic ring is 2. The number of ether oxygens (including phenoxy) is 3. The number of hydrogen-bond donors (Lipinski definition) is 2. The molecule has 0 bridgehead atoms. The summed E-state index contributed by atoms with van der Waals surface area (Å²) in [5.74, 6) is -2.33. The van der Waals surface area contributed by atoms with E-state index in [-0.39, 0.29) is 40.4 Å². The predicted octanol–water partition coefficient (Wildman–Crippen LogP) is 5.97. The van der Waals surface area contributed by atoms with Crippen LogP contribution in [-0.4, -0.2) is 108 Å². The average Bonchev–Trinajstić information content (AvgIpc) is 4.07. The maximum Gasteiger partial charge on any atom is 0.478 e. The van der Waals surface area contributed by atoms with E-state index >= 15 is 8.78 Å². The third kappa shape index (κ3) is 9.17. The lowest BCUT2D eigenvalue weighted by Gasteiger charge is -2.32. The van der Waals surface area contributed by atoms with E-state index in [0.717, 1.165) is 44.9 Å². The number of carbonyl (C=O) groups excluding carboxylic acids is 2. The first-order valence-corrected chi connectivity index (χ1v) is 24.8. The molecule has 23 nitrogen and oxygen atoms in total. The number of phosphoric ester groups is 2. The molecule has 27 heteroatoms. The maximum atomic E-state index is 17.1. The summed E-state index contributed by atoms with van der Waals surface area (Å²) in [7, 11) is -10.1. The molecule has 3 saturated carbocycles. The van der Waals surface area contributed by atoms with Crippen LogP contribution in [0, 0.1) is 16.7 Å². The fourth-order valence-electron chi connectivity index (χ4n) is 9.53. The van der Waals surface area contributed by atoms with E-state index in [0.29, 0.717) is 25.7 Å². The number of alkyl halides is 2. The predicted molar refractivity (Wildman–Crippen MR) is 224 cm³/mol. The van der Waals surface area contributed by atoms with E-state index in [1.54, 1.807) is 13.8 Å². The van der Waals surface area contributed by atoms with Crippen molar-refractivity contribution in [2.45, 2.75) is 127 Å². The number of fused-ring (bicyclic) bond motifs is 4. The van der Waals surface area contributed by atoms with Crippen molar-refractivity contribution >= 4 is 61.5 Å². The Morgan fingerprint density at radius 3 is 1.77 bits per heavy atom. The number of hydrogen-bond acceptors (Lipinski definition) is 21. The number of nitrogens with zero attached hydrogens (tertiary/aromatic N) is 8. The Bertz CT molecular complexity index is 2360. The van der Waals surface area contributed by atoms with Gasteiger partial charge in [-0.05, 0) is 46.0 Å². The van der Waals surface area contributed by atoms with E-state index in [9.17, 15) is 18.7 Å². The van der Waals surface area contributed by atoms with Gasteiger partial charge in [-0.15, -0.1) is 0 Å². The van der Waals surface area contributed by atoms with Gasteiger partial charge in [-0.3, -0.25) is 32.3 Å². The summed E-state index contributed by atoms with van der Waals surface area (Å²) in [6, 6.07) is -1.15. The van der Waals surface area contributed by atoms with Gasteiger partial charge < -0.3 is 30.2 Å². The molecule has 0 radical (unpaired) electrons. The highest BCUT2D eigenvalue weighted by molar-refractivity contribution is 7.48. The van der Waals surface area contributed by atoms with Crippen LogP contribution in [0.4, 0.5) is 20.4 Å². The highest BCUT2D eigenvalue weighted by Crippen LogP contribution is 2.60. The third-order valence-corrected chi connectivity index (χ3v) is 16.2. The van der Waals surface area contributed by atoms with Gasteiger partial charge >= 0.3 is 27.6 Å². The molecule has 2 saturated heterocycles. The smallest absolute Gasteiger partial charge is 0.437 e. The van der Waals surface area contributed by atoms with Crippen LogP contribution < -0.4 is 11.5 Å². The van der Waals surface area contributed by atoms with Crippen LogP contribution >= 0.6 is 15.6 Å². The third-order valence-electron chi connectivity index (χ3n) is 13.4. The summed E-state index contributed by atoms with van der Waals surface area (Å²) < 4.78 is 118. The first kappa shape index (κ1) is 46.8. The SMILES string of the molecule is CC1(C(=O)OCOP2(=O)OCC3OC(n4cnc5c(N)ncnc54)C(F)C3OP(=O)(OCOC(=O)C3(C)CCCCC3)OCC3CC(n4cnc5c(N)ncnc54)C(F)C3O2)CCCCC1. The molecule has 10 unspecified atom stereocenters. The zero-order chi connectivity index (χ0) is 46.4. The lowest BCUT2D eigenvalue weighted by molar-refractivity contribution is -0.165. The average molecular weight is 969 g/mol. The standard InChI is InChI=1S/C39H52F2N10O13P2/c1-38(9-5-3-6-10-38)36(52)56-20-60-65(54)58-14-22-13-23(50-18-48-27-31(42)44-16-46-33(27)50)25(40)29(22)63-66(55,61-21-57-37(53)39(2)11-7-4-8-12-39)59-15-24-30(64-65)26(41)35(62-24)51-19-49-28-32(43)45-17-47-34(28)51/h16-19,22-26,29-30,35H,3-15,20-21H2,1-2H3,(H2,42,44,46)(H2,43,45,47). The van der Waals surface area contributed by atoms with Gasteiger partial charge in [0, 0.05) is 5.92 Å². The summed E-state index contributed by atoms with van der Waals surface area (Å²) in [4.78, 5) is 51.3. The van der Waals surface area contributed by atoms with Crippen molar-refractivity contribution in [3.05, 3.63) is 25.3 Å². The molecule has 5 fully saturated rings. The van der Waals surface area contributed by atoms with Crippen molar-refractivity contribution in [2.75, 3.05) is 38.3 Å². The Balaban J connectivity index is 1.04. The first-order chi connectivity index (χ1) is 31.6. The van der Waals surface area contributed by atoms with Crippen LogP contribution in [0.15, 0.2) is 25.3 Å². The molecule has 0 amide bonds. The number of carbonyl (C=O) groups is 2. The number of halogens is 2. The molecular formula is C39H52F2N10O13P2. The van der Waals surface area contributed by atoms with Crippen LogP contribution in [-0.2, 0) is 60.1 Å². The van der Waals surface area contributed by atoms with Gasteiger partial charge in [0.15, 0.2) is 35.3 Å². The quantitative estimate of drug-likeness (QED) is 0.105. The van der Waals surface area contributed by atoms with E-state index in [1.807, 2.05) is 0 Å². The Kier molecular flexibility index (Phi) is 13.2. The van der Waals surface area contributed by atoms with E-state index < -0.39 is 114 Å². The Morgan fingerprint density at radius 2 is 1.21 bits per heavy atom. The van der Waals surface area contributed by atoms with Gasteiger partial charge in [0.1, 0.15) is 48.2 Å². The minimum Gasteiger partial charge on any atom is -0.437 e. The Morgan fingerprint density at radius 1 is 0.712 bits per heavy atom. The second-order valence-electron chi connectivity index (χ2n) is 17.9. The molecule has 0 aromatic carbocycles. The summed E-state index contributed by atoms with van der Waals surface area (Å²) in [6.07, 6.45) is 0.947. The van der Waals surface area contributed by atoms with Crippen LogP contribution in [0.1, 0.15) is 96.7 Å². The largest absolute Gasteiger partial charge is 0.478 e. The maximum absolute atomic E-state index is 17.1. The lowest BCUT2D eigenvalue weighted by atomic mass is 9.76. The Hall–Kier alpha value is -4.32. The minimum atomic E-state index is -5.04. The van der Waals surface area contributed by atoms with E-state index in [1.165, 1.54) is 28.1 Å². The summed E-state index contributed by atoms with van der Waals surface area (Å²) in [5, 5.41) is 0. The summed E-state index contributed by atoms with van der Waals surface area (Å²) >= 11 is 0. The van der Waals surface area contributed by atoms with Crippen molar-refractivity contribution < 1.29 is 68.9 Å². The fraction of sp³-hybridized carbons (Fsp3) is 0.692. The normalized spacial score (nSPS) is 33.6. The first-order valence-electron chi connectivity index (χ1n) is 21.9. The van der Waals surface area contributed by atoms with Crippen LogP contribution in [0.25, 0.3) is 22.3 Å². The Labute approximate surface area is 376 Å². The molecule has 0 spiro atoms.